The first-order valence-electron chi connectivity index (χ1n) is 6.22. The topological polar surface area (TPSA) is 74.7 Å². The highest BCUT2D eigenvalue weighted by atomic mass is 32.2. The van der Waals surface area contributed by atoms with E-state index in [4.69, 9.17) is 5.11 Å². The first kappa shape index (κ1) is 15.4. The van der Waals surface area contributed by atoms with Crippen LogP contribution in [0.4, 0.5) is 0 Å². The normalized spacial score (nSPS) is 20.4. The van der Waals surface area contributed by atoms with Crippen LogP contribution in [0.2, 0.25) is 0 Å². The Morgan fingerprint density at radius 3 is 2.28 bits per heavy atom. The van der Waals surface area contributed by atoms with Gasteiger partial charge in [-0.3, -0.25) is 4.79 Å². The number of aliphatic carboxylic acids is 1. The van der Waals surface area contributed by atoms with Crippen molar-refractivity contribution in [2.45, 2.75) is 32.4 Å². The van der Waals surface area contributed by atoms with E-state index in [1.165, 1.54) is 0 Å². The molecule has 1 saturated heterocycles. The minimum absolute atomic E-state index is 0.144. The number of likely N-dealkylation sites (tertiary alicyclic amines) is 1. The summed E-state index contributed by atoms with van der Waals surface area (Å²) in [7, 11) is -3.08. The molecule has 1 fully saturated rings. The Morgan fingerprint density at radius 1 is 1.39 bits per heavy atom. The molecular formula is C12H23NO4S. The van der Waals surface area contributed by atoms with Gasteiger partial charge < -0.3 is 10.0 Å². The van der Waals surface area contributed by atoms with Gasteiger partial charge in [0.05, 0.1) is 16.4 Å². The Balaban J connectivity index is 2.36. The summed E-state index contributed by atoms with van der Waals surface area (Å²) in [5, 5.41) is 8.86. The second-order valence-corrected chi connectivity index (χ2v) is 8.94. The Morgan fingerprint density at radius 2 is 1.89 bits per heavy atom. The van der Waals surface area contributed by atoms with Gasteiger partial charge in [-0.1, -0.05) is 6.92 Å². The quantitative estimate of drug-likeness (QED) is 0.806. The van der Waals surface area contributed by atoms with Crippen LogP contribution in [0.3, 0.4) is 0 Å². The molecule has 1 heterocycles. The summed E-state index contributed by atoms with van der Waals surface area (Å²) in [6.07, 6.45) is 0. The molecule has 0 bridgehead atoms. The fraction of sp³-hybridized carbons (Fsp3) is 0.917. The molecule has 106 valence electrons. The van der Waals surface area contributed by atoms with Gasteiger partial charge in [-0.2, -0.15) is 0 Å². The van der Waals surface area contributed by atoms with E-state index in [9.17, 15) is 13.2 Å². The number of hydrogen-bond acceptors (Lipinski definition) is 4. The summed E-state index contributed by atoms with van der Waals surface area (Å²) in [4.78, 5) is 12.8. The van der Waals surface area contributed by atoms with Crippen LogP contribution >= 0.6 is 0 Å². The fourth-order valence-corrected chi connectivity index (χ4v) is 2.98. The lowest BCUT2D eigenvalue weighted by Crippen LogP contribution is -2.52. The zero-order valence-corrected chi connectivity index (χ0v) is 12.3. The summed E-state index contributed by atoms with van der Waals surface area (Å²) in [5.74, 6) is -0.827. The van der Waals surface area contributed by atoms with Gasteiger partial charge in [-0.15, -0.1) is 0 Å². The maximum absolute atomic E-state index is 11.9. The molecule has 18 heavy (non-hydrogen) atoms. The van der Waals surface area contributed by atoms with Crippen molar-refractivity contribution in [2.75, 3.05) is 25.4 Å². The molecule has 1 aliphatic rings. The predicted molar refractivity (Wildman–Crippen MR) is 70.3 cm³/mol. The number of sulfone groups is 1. The largest absolute Gasteiger partial charge is 0.481 e. The van der Waals surface area contributed by atoms with Gasteiger partial charge in [0.15, 0.2) is 9.84 Å². The summed E-state index contributed by atoms with van der Waals surface area (Å²) >= 11 is 0. The van der Waals surface area contributed by atoms with Crippen molar-refractivity contribution < 1.29 is 18.3 Å². The van der Waals surface area contributed by atoms with Gasteiger partial charge in [0.2, 0.25) is 0 Å². The summed E-state index contributed by atoms with van der Waals surface area (Å²) in [5.41, 5.74) is 0. The first-order chi connectivity index (χ1) is 8.04. The van der Waals surface area contributed by atoms with Gasteiger partial charge in [-0.05, 0) is 26.7 Å². The molecule has 0 aliphatic carbocycles. The number of hydrogen-bond donors (Lipinski definition) is 1. The van der Waals surface area contributed by atoms with E-state index in [1.54, 1.807) is 27.7 Å². The second kappa shape index (κ2) is 5.17. The molecule has 5 nitrogen and oxygen atoms in total. The maximum Gasteiger partial charge on any atom is 0.306 e. The Labute approximate surface area is 109 Å². The van der Waals surface area contributed by atoms with E-state index in [1.807, 2.05) is 4.90 Å². The van der Waals surface area contributed by atoms with Crippen molar-refractivity contribution in [3.63, 3.8) is 0 Å². The van der Waals surface area contributed by atoms with Gasteiger partial charge in [0.25, 0.3) is 0 Å². The molecule has 0 aromatic heterocycles. The van der Waals surface area contributed by atoms with E-state index in [0.717, 1.165) is 0 Å². The van der Waals surface area contributed by atoms with Crippen molar-refractivity contribution in [1.82, 2.24) is 4.90 Å². The number of rotatable bonds is 5. The van der Waals surface area contributed by atoms with Crippen molar-refractivity contribution in [2.24, 2.45) is 11.8 Å². The third kappa shape index (κ3) is 3.45. The highest BCUT2D eigenvalue weighted by molar-refractivity contribution is 7.92. The third-order valence-electron chi connectivity index (χ3n) is 3.69. The lowest BCUT2D eigenvalue weighted by atomic mass is 9.87. The van der Waals surface area contributed by atoms with E-state index < -0.39 is 20.6 Å². The number of nitrogens with zero attached hydrogens (tertiary/aromatic N) is 1. The fourth-order valence-electron chi connectivity index (χ4n) is 1.87. The smallest absolute Gasteiger partial charge is 0.306 e. The Hall–Kier alpha value is -0.620. The molecule has 0 spiro atoms. The number of carboxylic acids is 1. The molecule has 1 N–H and O–H groups in total. The van der Waals surface area contributed by atoms with E-state index >= 15 is 0 Å². The monoisotopic (exact) mass is 277 g/mol. The average Bonchev–Trinajstić information content (AvgIpc) is 2.12. The highest BCUT2D eigenvalue weighted by Gasteiger charge is 2.36. The summed E-state index contributed by atoms with van der Waals surface area (Å²) in [6.45, 7) is 8.69. The van der Waals surface area contributed by atoms with Crippen LogP contribution in [0.15, 0.2) is 0 Å². The van der Waals surface area contributed by atoms with Crippen molar-refractivity contribution >= 4 is 15.8 Å². The molecule has 0 aromatic carbocycles. The van der Waals surface area contributed by atoms with Crippen molar-refractivity contribution in [3.05, 3.63) is 0 Å². The lowest BCUT2D eigenvalue weighted by Gasteiger charge is -2.41. The molecule has 1 aliphatic heterocycles. The summed E-state index contributed by atoms with van der Waals surface area (Å²) < 4.78 is 23.1. The van der Waals surface area contributed by atoms with Gasteiger partial charge in [-0.25, -0.2) is 8.42 Å². The number of carboxylic acid groups (broad SMARTS) is 1. The highest BCUT2D eigenvalue weighted by Crippen LogP contribution is 2.24. The average molecular weight is 277 g/mol. The third-order valence-corrected chi connectivity index (χ3v) is 6.28. The molecular weight excluding hydrogens is 254 g/mol. The molecule has 6 heteroatoms. The molecule has 0 radical (unpaired) electrons. The van der Waals surface area contributed by atoms with Crippen molar-refractivity contribution in [3.8, 4) is 0 Å². The minimum atomic E-state index is -3.08. The first-order valence-corrected chi connectivity index (χ1v) is 7.87. The maximum atomic E-state index is 11.9. The van der Waals surface area contributed by atoms with Crippen LogP contribution in [0.25, 0.3) is 0 Å². The molecule has 0 saturated carbocycles. The van der Waals surface area contributed by atoms with E-state index in [2.05, 4.69) is 0 Å². The van der Waals surface area contributed by atoms with Crippen LogP contribution in [-0.2, 0) is 14.6 Å². The molecule has 1 rings (SSSR count). The number of carbonyl (C=O) groups is 1. The standard InChI is InChI=1S/C12H23NO4S/c1-9(11(14)15)10-7-13(8-10)5-6-18(16,17)12(2,3)4/h9-10H,5-8H2,1-4H3,(H,14,15). The Kier molecular flexibility index (Phi) is 4.43. The molecule has 0 amide bonds. The summed E-state index contributed by atoms with van der Waals surface area (Å²) in [6, 6.07) is 0. The zero-order chi connectivity index (χ0) is 14.1. The van der Waals surface area contributed by atoms with Crippen LogP contribution in [0, 0.1) is 11.8 Å². The van der Waals surface area contributed by atoms with Crippen LogP contribution in [-0.4, -0.2) is 54.5 Å². The van der Waals surface area contributed by atoms with Gasteiger partial charge in [0, 0.05) is 19.6 Å². The Bertz CT molecular complexity index is 404. The zero-order valence-electron chi connectivity index (χ0n) is 11.5. The van der Waals surface area contributed by atoms with Crippen LogP contribution in [0.1, 0.15) is 27.7 Å². The SMILES string of the molecule is CC(C(=O)O)C1CN(CCS(=O)(=O)C(C)(C)C)C1. The van der Waals surface area contributed by atoms with E-state index in [-0.39, 0.29) is 17.6 Å². The van der Waals surface area contributed by atoms with Crippen molar-refractivity contribution in [1.29, 1.82) is 0 Å². The van der Waals surface area contributed by atoms with Gasteiger partial charge >= 0.3 is 5.97 Å². The van der Waals surface area contributed by atoms with Gasteiger partial charge in [0.1, 0.15) is 0 Å². The predicted octanol–water partition coefficient (Wildman–Crippen LogP) is 0.852. The lowest BCUT2D eigenvalue weighted by molar-refractivity contribution is -0.145. The van der Waals surface area contributed by atoms with E-state index in [0.29, 0.717) is 19.6 Å². The molecule has 1 unspecified atom stereocenters. The molecule has 1 atom stereocenters. The second-order valence-electron chi connectivity index (χ2n) is 6.08. The van der Waals surface area contributed by atoms with Crippen LogP contribution < -0.4 is 0 Å². The minimum Gasteiger partial charge on any atom is -0.481 e. The molecule has 0 aromatic rings. The van der Waals surface area contributed by atoms with Crippen LogP contribution in [0.5, 0.6) is 0 Å².